The molecule has 0 aromatic heterocycles. The Morgan fingerprint density at radius 2 is 2.00 bits per heavy atom. The van der Waals surface area contributed by atoms with E-state index in [1.165, 1.54) is 13.4 Å². The topological polar surface area (TPSA) is 69.4 Å². The zero-order valence-electron chi connectivity index (χ0n) is 7.07. The van der Waals surface area contributed by atoms with Crippen molar-refractivity contribution in [3.63, 3.8) is 0 Å². The average molecular weight is 181 g/mol. The largest absolute Gasteiger partial charge is 0.383 e. The average Bonchev–Trinajstić information content (AvgIpc) is 1.85. The van der Waals surface area contributed by atoms with Crippen molar-refractivity contribution in [1.82, 2.24) is 0 Å². The molecule has 68 valence electrons. The third-order valence-corrected chi connectivity index (χ3v) is 3.34. The van der Waals surface area contributed by atoms with E-state index in [0.29, 0.717) is 0 Å². The van der Waals surface area contributed by atoms with Crippen LogP contribution in [-0.2, 0) is 14.6 Å². The Labute approximate surface area is 67.6 Å². The molecule has 2 atom stereocenters. The van der Waals surface area contributed by atoms with Crippen LogP contribution in [0, 0.1) is 0 Å². The van der Waals surface area contributed by atoms with E-state index in [4.69, 9.17) is 10.5 Å². The molecule has 0 aliphatic carbocycles. The minimum absolute atomic E-state index is 0.272. The standard InChI is InChI=1S/C6H15NO3S/c1-5(11(3,8)9)6(7)4-10-2/h5-6H,4,7H2,1-3H3. The van der Waals surface area contributed by atoms with E-state index in [-0.39, 0.29) is 6.61 Å². The predicted molar refractivity (Wildman–Crippen MR) is 44.2 cm³/mol. The highest BCUT2D eigenvalue weighted by molar-refractivity contribution is 7.91. The van der Waals surface area contributed by atoms with Crippen molar-refractivity contribution in [3.05, 3.63) is 0 Å². The quantitative estimate of drug-likeness (QED) is 0.628. The molecule has 0 bridgehead atoms. The van der Waals surface area contributed by atoms with Gasteiger partial charge < -0.3 is 10.5 Å². The number of ether oxygens (including phenoxy) is 1. The molecule has 0 aromatic rings. The van der Waals surface area contributed by atoms with Gasteiger partial charge in [-0.15, -0.1) is 0 Å². The molecule has 11 heavy (non-hydrogen) atoms. The highest BCUT2D eigenvalue weighted by Crippen LogP contribution is 2.01. The van der Waals surface area contributed by atoms with E-state index >= 15 is 0 Å². The van der Waals surface area contributed by atoms with Crippen molar-refractivity contribution in [2.45, 2.75) is 18.2 Å². The number of methoxy groups -OCH3 is 1. The SMILES string of the molecule is COCC(N)C(C)S(C)(=O)=O. The van der Waals surface area contributed by atoms with Crippen LogP contribution >= 0.6 is 0 Å². The fourth-order valence-corrected chi connectivity index (χ4v) is 1.36. The van der Waals surface area contributed by atoms with Gasteiger partial charge in [0.1, 0.15) is 0 Å². The van der Waals surface area contributed by atoms with Gasteiger partial charge in [-0.2, -0.15) is 0 Å². The van der Waals surface area contributed by atoms with Crippen LogP contribution < -0.4 is 5.73 Å². The molecule has 0 fully saturated rings. The number of sulfone groups is 1. The van der Waals surface area contributed by atoms with Crippen LogP contribution in [0.1, 0.15) is 6.92 Å². The van der Waals surface area contributed by atoms with Gasteiger partial charge in [-0.05, 0) is 6.92 Å². The first-order chi connectivity index (χ1) is 4.89. The molecule has 2 unspecified atom stereocenters. The minimum atomic E-state index is -3.03. The Kier molecular flexibility index (Phi) is 3.99. The van der Waals surface area contributed by atoms with Crippen LogP contribution in [0.3, 0.4) is 0 Å². The zero-order chi connectivity index (χ0) is 9.07. The van der Waals surface area contributed by atoms with Crippen LogP contribution in [0.25, 0.3) is 0 Å². The minimum Gasteiger partial charge on any atom is -0.383 e. The predicted octanol–water partition coefficient (Wildman–Crippen LogP) is -0.607. The molecule has 0 aliphatic rings. The molecule has 0 aromatic carbocycles. The first-order valence-electron chi connectivity index (χ1n) is 3.33. The fraction of sp³-hybridized carbons (Fsp3) is 1.00. The Bertz CT molecular complexity index is 200. The van der Waals surface area contributed by atoms with E-state index in [1.54, 1.807) is 6.92 Å². The number of rotatable bonds is 4. The normalized spacial score (nSPS) is 17.8. The van der Waals surface area contributed by atoms with E-state index < -0.39 is 21.1 Å². The van der Waals surface area contributed by atoms with Gasteiger partial charge in [0.05, 0.1) is 11.9 Å². The fourth-order valence-electron chi connectivity index (χ4n) is 0.645. The van der Waals surface area contributed by atoms with Gasteiger partial charge in [0.25, 0.3) is 0 Å². The molecule has 0 saturated heterocycles. The van der Waals surface area contributed by atoms with E-state index in [0.717, 1.165) is 0 Å². The Hall–Kier alpha value is -0.130. The van der Waals surface area contributed by atoms with Gasteiger partial charge in [-0.25, -0.2) is 8.42 Å². The Balaban J connectivity index is 4.14. The van der Waals surface area contributed by atoms with E-state index in [1.807, 2.05) is 0 Å². The van der Waals surface area contributed by atoms with Gasteiger partial charge in [-0.3, -0.25) is 0 Å². The molecular formula is C6H15NO3S. The molecular weight excluding hydrogens is 166 g/mol. The van der Waals surface area contributed by atoms with Crippen LogP contribution in [-0.4, -0.2) is 39.7 Å². The molecule has 0 saturated carbocycles. The van der Waals surface area contributed by atoms with Crippen molar-refractivity contribution in [1.29, 1.82) is 0 Å². The first-order valence-corrected chi connectivity index (χ1v) is 5.28. The maximum atomic E-state index is 10.9. The number of hydrogen-bond acceptors (Lipinski definition) is 4. The summed E-state index contributed by atoms with van der Waals surface area (Å²) in [5.74, 6) is 0. The molecule has 0 heterocycles. The highest BCUT2D eigenvalue weighted by Gasteiger charge is 2.22. The van der Waals surface area contributed by atoms with Gasteiger partial charge in [0.2, 0.25) is 0 Å². The third-order valence-electron chi connectivity index (χ3n) is 1.64. The number of hydrogen-bond donors (Lipinski definition) is 1. The van der Waals surface area contributed by atoms with Gasteiger partial charge in [0, 0.05) is 19.4 Å². The van der Waals surface area contributed by atoms with Gasteiger partial charge in [-0.1, -0.05) is 0 Å². The number of nitrogens with two attached hydrogens (primary N) is 1. The van der Waals surface area contributed by atoms with Crippen LogP contribution in [0.5, 0.6) is 0 Å². The van der Waals surface area contributed by atoms with Gasteiger partial charge >= 0.3 is 0 Å². The molecule has 0 spiro atoms. The van der Waals surface area contributed by atoms with E-state index in [2.05, 4.69) is 0 Å². The van der Waals surface area contributed by atoms with Crippen molar-refractivity contribution in [2.75, 3.05) is 20.0 Å². The summed E-state index contributed by atoms with van der Waals surface area (Å²) >= 11 is 0. The smallest absolute Gasteiger partial charge is 0.151 e. The first kappa shape index (κ1) is 10.9. The summed E-state index contributed by atoms with van der Waals surface area (Å²) in [5.41, 5.74) is 5.51. The zero-order valence-corrected chi connectivity index (χ0v) is 7.89. The summed E-state index contributed by atoms with van der Waals surface area (Å²) < 4.78 is 26.6. The lowest BCUT2D eigenvalue weighted by molar-refractivity contribution is 0.179. The monoisotopic (exact) mass is 181 g/mol. The lowest BCUT2D eigenvalue weighted by Gasteiger charge is -2.16. The Morgan fingerprint density at radius 1 is 1.55 bits per heavy atom. The van der Waals surface area contributed by atoms with Crippen LogP contribution in [0.15, 0.2) is 0 Å². The summed E-state index contributed by atoms with van der Waals surface area (Å²) in [4.78, 5) is 0. The maximum absolute atomic E-state index is 10.9. The molecule has 0 radical (unpaired) electrons. The second kappa shape index (κ2) is 4.04. The summed E-state index contributed by atoms with van der Waals surface area (Å²) in [5, 5.41) is -0.539. The summed E-state index contributed by atoms with van der Waals surface area (Å²) in [6.45, 7) is 1.85. The van der Waals surface area contributed by atoms with Crippen molar-refractivity contribution in [2.24, 2.45) is 5.73 Å². The lowest BCUT2D eigenvalue weighted by Crippen LogP contribution is -2.41. The van der Waals surface area contributed by atoms with Crippen LogP contribution in [0.4, 0.5) is 0 Å². The van der Waals surface area contributed by atoms with Crippen molar-refractivity contribution in [3.8, 4) is 0 Å². The summed E-state index contributed by atoms with van der Waals surface area (Å²) in [6.07, 6.45) is 1.17. The highest BCUT2D eigenvalue weighted by atomic mass is 32.2. The van der Waals surface area contributed by atoms with Crippen LogP contribution in [0.2, 0.25) is 0 Å². The van der Waals surface area contributed by atoms with Crippen molar-refractivity contribution < 1.29 is 13.2 Å². The van der Waals surface area contributed by atoms with Gasteiger partial charge in [0.15, 0.2) is 9.84 Å². The summed E-state index contributed by atoms with van der Waals surface area (Å²) in [7, 11) is -1.53. The molecule has 4 nitrogen and oxygen atoms in total. The molecule has 5 heteroatoms. The third kappa shape index (κ3) is 3.69. The lowest BCUT2D eigenvalue weighted by atomic mass is 10.2. The molecule has 0 rings (SSSR count). The molecule has 0 amide bonds. The van der Waals surface area contributed by atoms with Crippen molar-refractivity contribution >= 4 is 9.84 Å². The second-order valence-corrected chi connectivity index (χ2v) is 5.06. The van der Waals surface area contributed by atoms with E-state index in [9.17, 15) is 8.42 Å². The molecule has 2 N–H and O–H groups in total. The summed E-state index contributed by atoms with van der Waals surface area (Å²) in [6, 6.07) is -0.435. The second-order valence-electron chi connectivity index (χ2n) is 2.65. The molecule has 0 aliphatic heterocycles. The Morgan fingerprint density at radius 3 is 2.27 bits per heavy atom. The maximum Gasteiger partial charge on any atom is 0.151 e.